The molecule has 1 heterocycles. The number of aliphatic hydroxyl groups excluding tert-OH is 1. The van der Waals surface area contributed by atoms with E-state index >= 15 is 0 Å². The van der Waals surface area contributed by atoms with E-state index in [2.05, 4.69) is 53.8 Å². The summed E-state index contributed by atoms with van der Waals surface area (Å²) in [5.74, 6) is 1.59. The van der Waals surface area contributed by atoms with Crippen LogP contribution in [0.15, 0.2) is 78.9 Å². The van der Waals surface area contributed by atoms with Crippen LogP contribution in [-0.2, 0) is 11.3 Å². The lowest BCUT2D eigenvalue weighted by molar-refractivity contribution is -0.0718. The topological polar surface area (TPSA) is 60.0 Å². The molecule has 32 heavy (non-hydrogen) atoms. The third-order valence-corrected chi connectivity index (χ3v) is 6.17. The Labute approximate surface area is 190 Å². The molecule has 0 aromatic heterocycles. The Hall–Kier alpha value is -2.86. The monoisotopic (exact) mass is 433 g/mol. The van der Waals surface area contributed by atoms with Crippen LogP contribution in [0, 0.1) is 0 Å². The molecule has 3 aromatic rings. The maximum absolute atomic E-state index is 11.0. The van der Waals surface area contributed by atoms with E-state index in [-0.39, 0.29) is 18.1 Å². The highest BCUT2D eigenvalue weighted by molar-refractivity contribution is 5.40. The normalized spacial score (nSPS) is 20.8. The van der Waals surface area contributed by atoms with Crippen molar-refractivity contribution < 1.29 is 19.3 Å². The Morgan fingerprint density at radius 2 is 1.59 bits per heavy atom. The minimum absolute atomic E-state index is 0.0784. The molecule has 0 amide bonds. The summed E-state index contributed by atoms with van der Waals surface area (Å²) in [4.78, 5) is 0. The van der Waals surface area contributed by atoms with Crippen LogP contribution in [-0.4, -0.2) is 44.2 Å². The van der Waals surface area contributed by atoms with Gasteiger partial charge in [-0.15, -0.1) is 0 Å². The largest absolute Gasteiger partial charge is 0.497 e. The molecule has 1 aliphatic heterocycles. The van der Waals surface area contributed by atoms with Gasteiger partial charge in [0.05, 0.1) is 39.1 Å². The third kappa shape index (κ3) is 5.13. The first-order valence-electron chi connectivity index (χ1n) is 11.0. The van der Waals surface area contributed by atoms with Gasteiger partial charge >= 0.3 is 0 Å². The van der Waals surface area contributed by atoms with Gasteiger partial charge in [0.1, 0.15) is 11.5 Å². The van der Waals surface area contributed by atoms with Gasteiger partial charge in [-0.1, -0.05) is 66.7 Å². The molecule has 1 aliphatic rings. The summed E-state index contributed by atoms with van der Waals surface area (Å²) in [6.07, 6.45) is -0.0393. The van der Waals surface area contributed by atoms with Gasteiger partial charge in [-0.25, -0.2) is 0 Å². The van der Waals surface area contributed by atoms with Crippen LogP contribution in [0.1, 0.15) is 29.0 Å². The fourth-order valence-corrected chi connectivity index (χ4v) is 4.42. The average Bonchev–Trinajstić information content (AvgIpc) is 2.85. The summed E-state index contributed by atoms with van der Waals surface area (Å²) >= 11 is 0. The lowest BCUT2D eigenvalue weighted by Crippen LogP contribution is -2.50. The van der Waals surface area contributed by atoms with Crippen molar-refractivity contribution in [3.63, 3.8) is 0 Å². The maximum Gasteiger partial charge on any atom is 0.127 e. The highest BCUT2D eigenvalue weighted by Gasteiger charge is 2.35. The van der Waals surface area contributed by atoms with Gasteiger partial charge in [0.2, 0.25) is 0 Å². The molecule has 1 fully saturated rings. The number of hydrogen-bond donors (Lipinski definition) is 2. The molecule has 0 radical (unpaired) electrons. The van der Waals surface area contributed by atoms with Crippen LogP contribution >= 0.6 is 0 Å². The third-order valence-electron chi connectivity index (χ3n) is 6.17. The van der Waals surface area contributed by atoms with E-state index in [0.717, 1.165) is 17.1 Å². The van der Waals surface area contributed by atoms with E-state index in [1.807, 2.05) is 30.3 Å². The quantitative estimate of drug-likeness (QED) is 0.559. The van der Waals surface area contributed by atoms with Crippen molar-refractivity contribution in [2.45, 2.75) is 37.1 Å². The second-order valence-electron chi connectivity index (χ2n) is 8.14. The molecule has 0 bridgehead atoms. The second-order valence-corrected chi connectivity index (χ2v) is 8.14. The Morgan fingerprint density at radius 1 is 0.938 bits per heavy atom. The van der Waals surface area contributed by atoms with E-state index in [1.54, 1.807) is 14.2 Å². The van der Waals surface area contributed by atoms with Crippen molar-refractivity contribution in [2.24, 2.45) is 0 Å². The number of rotatable bonds is 8. The van der Waals surface area contributed by atoms with Gasteiger partial charge in [-0.05, 0) is 17.2 Å². The summed E-state index contributed by atoms with van der Waals surface area (Å²) in [5, 5.41) is 14.4. The molecule has 5 nitrogen and oxygen atoms in total. The maximum atomic E-state index is 11.0. The molecule has 168 valence electrons. The molecule has 4 rings (SSSR count). The molecule has 5 heteroatoms. The van der Waals surface area contributed by atoms with Crippen LogP contribution in [0.2, 0.25) is 0 Å². The Kier molecular flexibility index (Phi) is 7.43. The van der Waals surface area contributed by atoms with Crippen molar-refractivity contribution in [2.75, 3.05) is 20.8 Å². The zero-order valence-electron chi connectivity index (χ0n) is 18.6. The van der Waals surface area contributed by atoms with E-state index in [9.17, 15) is 5.11 Å². The summed E-state index contributed by atoms with van der Waals surface area (Å²) in [6, 6.07) is 26.4. The first-order chi connectivity index (χ1) is 15.7. The average molecular weight is 434 g/mol. The zero-order valence-corrected chi connectivity index (χ0v) is 18.6. The molecule has 3 unspecified atom stereocenters. The van der Waals surface area contributed by atoms with E-state index in [0.29, 0.717) is 19.6 Å². The van der Waals surface area contributed by atoms with E-state index < -0.39 is 6.10 Å². The SMILES string of the molecule is COc1ccc(CNC2COC(C(c3ccccc3)c3ccccc3)CC2O)c(OC)c1. The van der Waals surface area contributed by atoms with Gasteiger partial charge in [-0.2, -0.15) is 0 Å². The summed E-state index contributed by atoms with van der Waals surface area (Å²) in [7, 11) is 3.28. The Balaban J connectivity index is 1.44. The zero-order chi connectivity index (χ0) is 22.3. The first-order valence-corrected chi connectivity index (χ1v) is 11.0. The first kappa shape index (κ1) is 22.3. The summed E-state index contributed by atoms with van der Waals surface area (Å²) < 4.78 is 17.1. The van der Waals surface area contributed by atoms with Crippen molar-refractivity contribution >= 4 is 0 Å². The standard InChI is InChI=1S/C27H31NO4/c1-30-22-14-13-21(25(15-22)31-2)17-28-23-18-32-26(16-24(23)29)27(19-9-5-3-6-10-19)20-11-7-4-8-12-20/h3-15,23-24,26-29H,16-18H2,1-2H3. The summed E-state index contributed by atoms with van der Waals surface area (Å²) in [5.41, 5.74) is 3.41. The number of aliphatic hydroxyl groups is 1. The minimum atomic E-state index is -0.507. The van der Waals surface area contributed by atoms with Crippen LogP contribution in [0.4, 0.5) is 0 Å². The minimum Gasteiger partial charge on any atom is -0.497 e. The van der Waals surface area contributed by atoms with Gasteiger partial charge in [-0.3, -0.25) is 0 Å². The van der Waals surface area contributed by atoms with Crippen molar-refractivity contribution in [1.82, 2.24) is 5.32 Å². The van der Waals surface area contributed by atoms with Crippen molar-refractivity contribution in [1.29, 1.82) is 0 Å². The smallest absolute Gasteiger partial charge is 0.127 e. The number of ether oxygens (including phenoxy) is 3. The van der Waals surface area contributed by atoms with Crippen LogP contribution < -0.4 is 14.8 Å². The van der Waals surface area contributed by atoms with Gasteiger partial charge in [0.15, 0.2) is 0 Å². The highest BCUT2D eigenvalue weighted by Crippen LogP contribution is 2.34. The van der Waals surface area contributed by atoms with Gasteiger partial charge < -0.3 is 24.6 Å². The molecular formula is C27H31NO4. The Morgan fingerprint density at radius 3 is 2.16 bits per heavy atom. The number of nitrogens with one attached hydrogen (secondary N) is 1. The second kappa shape index (κ2) is 10.6. The van der Waals surface area contributed by atoms with E-state index in [4.69, 9.17) is 14.2 Å². The predicted molar refractivity (Wildman–Crippen MR) is 125 cm³/mol. The summed E-state index contributed by atoms with van der Waals surface area (Å²) in [6.45, 7) is 1.02. The molecule has 3 atom stereocenters. The van der Waals surface area contributed by atoms with Gasteiger partial charge in [0.25, 0.3) is 0 Å². The predicted octanol–water partition coefficient (Wildman–Crippen LogP) is 4.14. The lowest BCUT2D eigenvalue weighted by atomic mass is 9.82. The highest BCUT2D eigenvalue weighted by atomic mass is 16.5. The van der Waals surface area contributed by atoms with Crippen LogP contribution in [0.5, 0.6) is 11.5 Å². The fourth-order valence-electron chi connectivity index (χ4n) is 4.42. The molecule has 0 spiro atoms. The number of methoxy groups -OCH3 is 2. The molecule has 0 saturated carbocycles. The van der Waals surface area contributed by atoms with Crippen molar-refractivity contribution in [3.8, 4) is 11.5 Å². The molecule has 3 aromatic carbocycles. The molecule has 1 saturated heterocycles. The Bertz CT molecular complexity index is 940. The van der Waals surface area contributed by atoms with Gasteiger partial charge in [0, 0.05) is 30.5 Å². The van der Waals surface area contributed by atoms with Crippen LogP contribution in [0.25, 0.3) is 0 Å². The number of hydrogen-bond acceptors (Lipinski definition) is 5. The molecule has 0 aliphatic carbocycles. The molecule has 2 N–H and O–H groups in total. The number of benzene rings is 3. The fraction of sp³-hybridized carbons (Fsp3) is 0.333. The van der Waals surface area contributed by atoms with Crippen LogP contribution in [0.3, 0.4) is 0 Å². The lowest BCUT2D eigenvalue weighted by Gasteiger charge is -2.38. The molecular weight excluding hydrogens is 402 g/mol. The van der Waals surface area contributed by atoms with E-state index in [1.165, 1.54) is 11.1 Å². The van der Waals surface area contributed by atoms with Crippen molar-refractivity contribution in [3.05, 3.63) is 95.6 Å².